The van der Waals surface area contributed by atoms with Crippen LogP contribution in [0.2, 0.25) is 5.02 Å². The second-order valence-electron chi connectivity index (χ2n) is 4.85. The molecule has 118 valence electrons. The molecule has 0 aromatic heterocycles. The fourth-order valence-corrected chi connectivity index (χ4v) is 3.81. The SMILES string of the molecule is CCN(CC)c1ccc(N)c(S(=O)(=O)c2ccc(Cl)cc2)c1. The molecule has 22 heavy (non-hydrogen) atoms. The molecule has 0 aliphatic carbocycles. The maximum absolute atomic E-state index is 12.8. The first-order valence-electron chi connectivity index (χ1n) is 7.05. The first kappa shape index (κ1) is 16.6. The Morgan fingerprint density at radius 3 is 2.18 bits per heavy atom. The quantitative estimate of drug-likeness (QED) is 0.846. The van der Waals surface area contributed by atoms with Gasteiger partial charge in [-0.1, -0.05) is 11.6 Å². The van der Waals surface area contributed by atoms with Crippen LogP contribution in [-0.2, 0) is 9.84 Å². The van der Waals surface area contributed by atoms with Gasteiger partial charge in [0.2, 0.25) is 9.84 Å². The molecule has 0 aliphatic heterocycles. The van der Waals surface area contributed by atoms with E-state index in [4.69, 9.17) is 17.3 Å². The highest BCUT2D eigenvalue weighted by atomic mass is 35.5. The summed E-state index contributed by atoms with van der Waals surface area (Å²) < 4.78 is 25.6. The minimum atomic E-state index is -3.67. The molecule has 0 fully saturated rings. The van der Waals surface area contributed by atoms with E-state index in [-0.39, 0.29) is 15.5 Å². The van der Waals surface area contributed by atoms with Crippen molar-refractivity contribution in [1.82, 2.24) is 0 Å². The van der Waals surface area contributed by atoms with E-state index in [2.05, 4.69) is 4.90 Å². The highest BCUT2D eigenvalue weighted by molar-refractivity contribution is 7.91. The van der Waals surface area contributed by atoms with E-state index in [1.807, 2.05) is 19.9 Å². The molecule has 2 rings (SSSR count). The van der Waals surface area contributed by atoms with Crippen molar-refractivity contribution in [2.45, 2.75) is 23.6 Å². The Hall–Kier alpha value is -1.72. The second kappa shape index (κ2) is 6.58. The summed E-state index contributed by atoms with van der Waals surface area (Å²) in [4.78, 5) is 2.37. The fraction of sp³-hybridized carbons (Fsp3) is 0.250. The van der Waals surface area contributed by atoms with Crippen LogP contribution >= 0.6 is 11.6 Å². The number of hydrogen-bond acceptors (Lipinski definition) is 4. The lowest BCUT2D eigenvalue weighted by atomic mass is 10.2. The third-order valence-electron chi connectivity index (χ3n) is 3.54. The molecule has 0 radical (unpaired) electrons. The molecule has 0 saturated carbocycles. The van der Waals surface area contributed by atoms with Gasteiger partial charge in [-0.05, 0) is 56.3 Å². The maximum atomic E-state index is 12.8. The lowest BCUT2D eigenvalue weighted by Crippen LogP contribution is -2.22. The van der Waals surface area contributed by atoms with Crippen LogP contribution in [0, 0.1) is 0 Å². The van der Waals surface area contributed by atoms with Crippen LogP contribution in [-0.4, -0.2) is 21.5 Å². The number of nitrogen functional groups attached to an aromatic ring is 1. The summed E-state index contributed by atoms with van der Waals surface area (Å²) in [7, 11) is -3.67. The van der Waals surface area contributed by atoms with Crippen LogP contribution in [0.1, 0.15) is 13.8 Å². The first-order chi connectivity index (χ1) is 10.4. The molecular formula is C16H19ClN2O2S. The van der Waals surface area contributed by atoms with Gasteiger partial charge in [-0.3, -0.25) is 0 Å². The van der Waals surface area contributed by atoms with Crippen molar-refractivity contribution in [2.75, 3.05) is 23.7 Å². The van der Waals surface area contributed by atoms with Crippen LogP contribution in [0.25, 0.3) is 0 Å². The number of anilines is 2. The monoisotopic (exact) mass is 338 g/mol. The molecule has 0 spiro atoms. The van der Waals surface area contributed by atoms with Crippen molar-refractivity contribution in [3.63, 3.8) is 0 Å². The summed E-state index contributed by atoms with van der Waals surface area (Å²) in [6.07, 6.45) is 0. The molecule has 0 saturated heterocycles. The van der Waals surface area contributed by atoms with Gasteiger partial charge in [0.25, 0.3) is 0 Å². The number of rotatable bonds is 5. The molecule has 0 heterocycles. The van der Waals surface area contributed by atoms with Gasteiger partial charge in [0.05, 0.1) is 15.5 Å². The van der Waals surface area contributed by atoms with Crippen molar-refractivity contribution >= 4 is 32.8 Å². The Balaban J connectivity index is 2.55. The van der Waals surface area contributed by atoms with Crippen LogP contribution in [0.15, 0.2) is 52.3 Å². The van der Waals surface area contributed by atoms with E-state index < -0.39 is 9.84 Å². The average Bonchev–Trinajstić information content (AvgIpc) is 2.50. The van der Waals surface area contributed by atoms with Crippen LogP contribution < -0.4 is 10.6 Å². The number of nitrogens with two attached hydrogens (primary N) is 1. The smallest absolute Gasteiger partial charge is 0.208 e. The highest BCUT2D eigenvalue weighted by Crippen LogP contribution is 2.30. The van der Waals surface area contributed by atoms with Gasteiger partial charge < -0.3 is 10.6 Å². The number of nitrogens with zero attached hydrogens (tertiary/aromatic N) is 1. The molecule has 0 bridgehead atoms. The number of hydrogen-bond donors (Lipinski definition) is 1. The van der Waals surface area contributed by atoms with Crippen molar-refractivity contribution in [2.24, 2.45) is 0 Å². The molecule has 6 heteroatoms. The lowest BCUT2D eigenvalue weighted by Gasteiger charge is -2.22. The summed E-state index contributed by atoms with van der Waals surface area (Å²) in [5.41, 5.74) is 6.98. The summed E-state index contributed by atoms with van der Waals surface area (Å²) in [6.45, 7) is 5.63. The van der Waals surface area contributed by atoms with Crippen LogP contribution in [0.4, 0.5) is 11.4 Å². The van der Waals surface area contributed by atoms with Crippen molar-refractivity contribution < 1.29 is 8.42 Å². The van der Waals surface area contributed by atoms with Gasteiger partial charge in [-0.2, -0.15) is 0 Å². The Morgan fingerprint density at radius 2 is 1.64 bits per heavy atom. The summed E-state index contributed by atoms with van der Waals surface area (Å²) in [5, 5.41) is 0.490. The third-order valence-corrected chi connectivity index (χ3v) is 5.62. The van der Waals surface area contributed by atoms with E-state index in [1.165, 1.54) is 12.1 Å². The molecule has 2 N–H and O–H groups in total. The molecule has 0 amide bonds. The van der Waals surface area contributed by atoms with Gasteiger partial charge in [-0.15, -0.1) is 0 Å². The van der Waals surface area contributed by atoms with E-state index in [0.29, 0.717) is 5.02 Å². The van der Waals surface area contributed by atoms with E-state index >= 15 is 0 Å². The Kier molecular flexibility index (Phi) is 4.98. The zero-order chi connectivity index (χ0) is 16.3. The predicted octanol–water partition coefficient (Wildman–Crippen LogP) is 3.60. The second-order valence-corrected chi connectivity index (χ2v) is 7.21. The van der Waals surface area contributed by atoms with Gasteiger partial charge in [0, 0.05) is 23.8 Å². The highest BCUT2D eigenvalue weighted by Gasteiger charge is 2.21. The van der Waals surface area contributed by atoms with Gasteiger partial charge in [0.15, 0.2) is 0 Å². The maximum Gasteiger partial charge on any atom is 0.208 e. The topological polar surface area (TPSA) is 63.4 Å². The largest absolute Gasteiger partial charge is 0.398 e. The molecule has 0 unspecified atom stereocenters. The lowest BCUT2D eigenvalue weighted by molar-refractivity contribution is 0.596. The van der Waals surface area contributed by atoms with Gasteiger partial charge >= 0.3 is 0 Å². The Bertz CT molecular complexity index is 754. The summed E-state index contributed by atoms with van der Waals surface area (Å²) in [6, 6.07) is 11.2. The Labute approximate surface area is 136 Å². The minimum Gasteiger partial charge on any atom is -0.398 e. The number of benzene rings is 2. The fourth-order valence-electron chi connectivity index (χ4n) is 2.28. The molecule has 2 aromatic carbocycles. The van der Waals surface area contributed by atoms with E-state index in [9.17, 15) is 8.42 Å². The normalized spacial score (nSPS) is 11.4. The van der Waals surface area contributed by atoms with Crippen molar-refractivity contribution in [3.05, 3.63) is 47.5 Å². The molecular weight excluding hydrogens is 320 g/mol. The minimum absolute atomic E-state index is 0.124. The number of halogens is 1. The summed E-state index contributed by atoms with van der Waals surface area (Å²) in [5.74, 6) is 0. The molecule has 0 atom stereocenters. The Morgan fingerprint density at radius 1 is 1.05 bits per heavy atom. The number of sulfone groups is 1. The standard InChI is InChI=1S/C16H19ClN2O2S/c1-3-19(4-2)13-7-10-15(18)16(11-13)22(20,21)14-8-5-12(17)6-9-14/h5-11H,3-4,18H2,1-2H3. The predicted molar refractivity (Wildman–Crippen MR) is 91.3 cm³/mol. The zero-order valence-electron chi connectivity index (χ0n) is 12.6. The first-order valence-corrected chi connectivity index (χ1v) is 8.91. The van der Waals surface area contributed by atoms with Gasteiger partial charge in [-0.25, -0.2) is 8.42 Å². The van der Waals surface area contributed by atoms with E-state index in [0.717, 1.165) is 18.8 Å². The molecule has 2 aromatic rings. The van der Waals surface area contributed by atoms with Crippen LogP contribution in [0.3, 0.4) is 0 Å². The van der Waals surface area contributed by atoms with Gasteiger partial charge in [0.1, 0.15) is 0 Å². The van der Waals surface area contributed by atoms with Crippen LogP contribution in [0.5, 0.6) is 0 Å². The summed E-state index contributed by atoms with van der Waals surface area (Å²) >= 11 is 5.82. The third kappa shape index (κ3) is 3.20. The molecule has 0 aliphatic rings. The van der Waals surface area contributed by atoms with Crippen molar-refractivity contribution in [3.8, 4) is 0 Å². The van der Waals surface area contributed by atoms with E-state index in [1.54, 1.807) is 24.3 Å². The zero-order valence-corrected chi connectivity index (χ0v) is 14.2. The molecule has 4 nitrogen and oxygen atoms in total. The average molecular weight is 339 g/mol. The van der Waals surface area contributed by atoms with Crippen molar-refractivity contribution in [1.29, 1.82) is 0 Å².